The predicted molar refractivity (Wildman–Crippen MR) is 185 cm³/mol. The van der Waals surface area contributed by atoms with Gasteiger partial charge in [-0.3, -0.25) is 19.2 Å². The number of fused-ring (bicyclic) bond motifs is 1. The number of aliphatic carboxylic acids is 1. The lowest BCUT2D eigenvalue weighted by Crippen LogP contribution is -2.65. The molecule has 0 radical (unpaired) electrons. The molecule has 6 rings (SSSR count). The van der Waals surface area contributed by atoms with Crippen LogP contribution < -0.4 is 20.9 Å². The van der Waals surface area contributed by atoms with E-state index in [-0.39, 0.29) is 54.8 Å². The number of benzene rings is 4. The van der Waals surface area contributed by atoms with Gasteiger partial charge < -0.3 is 40.6 Å². The van der Waals surface area contributed by atoms with Crippen molar-refractivity contribution in [3.05, 3.63) is 141 Å². The molecule has 2 amide bonds. The molecule has 12 heteroatoms. The maximum atomic E-state index is 13.1. The lowest BCUT2D eigenvalue weighted by atomic mass is 9.73. The number of methoxy groups -OCH3 is 1. The van der Waals surface area contributed by atoms with Crippen LogP contribution in [0.2, 0.25) is 0 Å². The Balaban J connectivity index is 1.01. The fourth-order valence-electron chi connectivity index (χ4n) is 6.23. The summed E-state index contributed by atoms with van der Waals surface area (Å²) in [6, 6.07) is 26.7. The number of aromatic nitrogens is 1. The van der Waals surface area contributed by atoms with Crippen molar-refractivity contribution in [2.24, 2.45) is 0 Å². The summed E-state index contributed by atoms with van der Waals surface area (Å²) >= 11 is 0. The molecule has 1 atom stereocenters. The van der Waals surface area contributed by atoms with Crippen LogP contribution in [0, 0.1) is 0 Å². The van der Waals surface area contributed by atoms with E-state index in [2.05, 4.69) is 15.6 Å². The van der Waals surface area contributed by atoms with Gasteiger partial charge in [0.1, 0.15) is 16.9 Å². The normalized spacial score (nSPS) is 14.1. The molecule has 0 saturated carbocycles. The van der Waals surface area contributed by atoms with Crippen LogP contribution in [0.1, 0.15) is 49.1 Å². The SMILES string of the molecule is COc1cc(CNC(=O)c2ccc(C(=O)N3CC(C(=O)O)(c4ccccc4)C3)cc2)ccc1CNC[C@H](O)c1ccc(O)c2[nH]c(=O)ccc12. The molecule has 5 aromatic rings. The molecule has 0 spiro atoms. The van der Waals surface area contributed by atoms with Crippen LogP contribution in [0.3, 0.4) is 0 Å². The van der Waals surface area contributed by atoms with Gasteiger partial charge in [0.05, 0.1) is 18.7 Å². The highest BCUT2D eigenvalue weighted by Crippen LogP contribution is 2.36. The van der Waals surface area contributed by atoms with E-state index in [4.69, 9.17) is 4.74 Å². The molecule has 2 heterocycles. The van der Waals surface area contributed by atoms with E-state index in [0.717, 1.165) is 11.1 Å². The minimum atomic E-state index is -1.13. The number of aromatic amines is 1. The summed E-state index contributed by atoms with van der Waals surface area (Å²) in [6.45, 7) is 0.928. The predicted octanol–water partition coefficient (Wildman–Crippen LogP) is 3.47. The molecule has 1 aliphatic rings. The number of likely N-dealkylation sites (tertiary alicyclic amines) is 1. The summed E-state index contributed by atoms with van der Waals surface area (Å²) in [6.07, 6.45) is -0.913. The first-order valence-electron chi connectivity index (χ1n) is 16.0. The number of rotatable bonds is 12. The van der Waals surface area contributed by atoms with Crippen LogP contribution >= 0.6 is 0 Å². The van der Waals surface area contributed by atoms with E-state index in [1.54, 1.807) is 67.8 Å². The number of ether oxygens (including phenoxy) is 1. The molecule has 1 aromatic heterocycles. The molecule has 0 bridgehead atoms. The second kappa shape index (κ2) is 14.2. The number of carbonyl (C=O) groups excluding carboxylic acids is 2. The Morgan fingerprint density at radius 1 is 0.920 bits per heavy atom. The molecule has 1 saturated heterocycles. The number of H-pyrrole nitrogens is 1. The molecular weight excluding hydrogens is 640 g/mol. The van der Waals surface area contributed by atoms with Crippen molar-refractivity contribution in [3.8, 4) is 11.5 Å². The Kier molecular flexibility index (Phi) is 9.66. The monoisotopic (exact) mass is 676 g/mol. The fraction of sp³-hybridized carbons (Fsp3) is 0.211. The van der Waals surface area contributed by atoms with E-state index in [9.17, 15) is 34.5 Å². The number of aromatic hydroxyl groups is 1. The average Bonchev–Trinajstić information content (AvgIpc) is 3.11. The summed E-state index contributed by atoms with van der Waals surface area (Å²) in [4.78, 5) is 53.8. The summed E-state index contributed by atoms with van der Waals surface area (Å²) in [7, 11) is 1.55. The minimum absolute atomic E-state index is 0.0644. The van der Waals surface area contributed by atoms with Gasteiger partial charge >= 0.3 is 5.97 Å². The first kappa shape index (κ1) is 33.9. The third kappa shape index (κ3) is 6.79. The van der Waals surface area contributed by atoms with Crippen molar-refractivity contribution in [1.29, 1.82) is 0 Å². The summed E-state index contributed by atoms with van der Waals surface area (Å²) < 4.78 is 5.58. The van der Waals surface area contributed by atoms with Crippen LogP contribution in [0.25, 0.3) is 10.9 Å². The van der Waals surface area contributed by atoms with Gasteiger partial charge in [0.25, 0.3) is 11.8 Å². The zero-order chi connectivity index (χ0) is 35.4. The number of nitrogens with one attached hydrogen (secondary N) is 3. The Bertz CT molecular complexity index is 2110. The lowest BCUT2D eigenvalue weighted by Gasteiger charge is -2.47. The number of phenols is 1. The Morgan fingerprint density at radius 3 is 2.34 bits per heavy atom. The Morgan fingerprint density at radius 2 is 1.64 bits per heavy atom. The molecule has 256 valence electrons. The van der Waals surface area contributed by atoms with Gasteiger partial charge in [-0.2, -0.15) is 0 Å². The van der Waals surface area contributed by atoms with E-state index in [1.165, 1.54) is 17.0 Å². The summed E-state index contributed by atoms with van der Waals surface area (Å²) in [5, 5.41) is 37.5. The van der Waals surface area contributed by atoms with Crippen LogP contribution in [0.15, 0.2) is 102 Å². The number of amides is 2. The third-order valence-electron chi connectivity index (χ3n) is 9.06. The van der Waals surface area contributed by atoms with E-state index in [0.29, 0.717) is 39.9 Å². The van der Waals surface area contributed by atoms with Crippen LogP contribution in [-0.4, -0.2) is 69.7 Å². The number of pyridine rings is 1. The summed E-state index contributed by atoms with van der Waals surface area (Å²) in [5.41, 5.74) is 2.36. The number of carboxylic acid groups (broad SMARTS) is 1. The molecule has 0 aliphatic carbocycles. The van der Waals surface area contributed by atoms with Gasteiger partial charge in [-0.15, -0.1) is 0 Å². The zero-order valence-electron chi connectivity index (χ0n) is 27.2. The zero-order valence-corrected chi connectivity index (χ0v) is 27.2. The van der Waals surface area contributed by atoms with Crippen LogP contribution in [0.4, 0.5) is 0 Å². The molecule has 1 aliphatic heterocycles. The van der Waals surface area contributed by atoms with E-state index >= 15 is 0 Å². The van der Waals surface area contributed by atoms with Crippen LogP contribution in [-0.2, 0) is 23.3 Å². The maximum Gasteiger partial charge on any atom is 0.317 e. The quantitative estimate of drug-likeness (QED) is 0.115. The van der Waals surface area contributed by atoms with Crippen molar-refractivity contribution in [3.63, 3.8) is 0 Å². The first-order chi connectivity index (χ1) is 24.1. The fourth-order valence-corrected chi connectivity index (χ4v) is 6.23. The van der Waals surface area contributed by atoms with Gasteiger partial charge in [-0.1, -0.05) is 48.5 Å². The van der Waals surface area contributed by atoms with Gasteiger partial charge in [-0.05, 0) is 59.2 Å². The highest BCUT2D eigenvalue weighted by Gasteiger charge is 2.52. The number of hydrogen-bond donors (Lipinski definition) is 6. The van der Waals surface area contributed by atoms with Gasteiger partial charge in [0.2, 0.25) is 5.56 Å². The third-order valence-corrected chi connectivity index (χ3v) is 9.06. The van der Waals surface area contributed by atoms with Crippen molar-refractivity contribution < 1.29 is 34.4 Å². The van der Waals surface area contributed by atoms with Crippen molar-refractivity contribution in [2.45, 2.75) is 24.6 Å². The van der Waals surface area contributed by atoms with Crippen molar-refractivity contribution >= 4 is 28.7 Å². The van der Waals surface area contributed by atoms with Gasteiger partial charge in [0, 0.05) is 60.9 Å². The molecule has 12 nitrogen and oxygen atoms in total. The number of hydrogen-bond acceptors (Lipinski definition) is 8. The number of carboxylic acids is 1. The molecular formula is C38H36N4O8. The number of aliphatic hydroxyl groups excluding tert-OH is 1. The van der Waals surface area contributed by atoms with Crippen molar-refractivity contribution in [1.82, 2.24) is 20.5 Å². The number of nitrogens with zero attached hydrogens (tertiary/aromatic N) is 1. The second-order valence-electron chi connectivity index (χ2n) is 12.3. The largest absolute Gasteiger partial charge is 0.506 e. The lowest BCUT2D eigenvalue weighted by molar-refractivity contribution is -0.149. The molecule has 4 aromatic carbocycles. The van der Waals surface area contributed by atoms with Gasteiger partial charge in [0.15, 0.2) is 0 Å². The maximum absolute atomic E-state index is 13.1. The number of aliphatic hydroxyl groups is 1. The molecule has 1 fully saturated rings. The Hall–Kier alpha value is -5.98. The van der Waals surface area contributed by atoms with Gasteiger partial charge in [-0.25, -0.2) is 0 Å². The number of phenolic OH excluding ortho intramolecular Hbond substituents is 1. The average molecular weight is 677 g/mol. The molecule has 0 unspecified atom stereocenters. The Labute approximate surface area is 287 Å². The van der Waals surface area contributed by atoms with Crippen molar-refractivity contribution in [2.75, 3.05) is 26.7 Å². The second-order valence-corrected chi connectivity index (χ2v) is 12.3. The molecule has 50 heavy (non-hydrogen) atoms. The first-order valence-corrected chi connectivity index (χ1v) is 16.0. The highest BCUT2D eigenvalue weighted by molar-refractivity contribution is 5.99. The topological polar surface area (TPSA) is 181 Å². The van der Waals surface area contributed by atoms with E-state index < -0.39 is 17.5 Å². The summed E-state index contributed by atoms with van der Waals surface area (Å²) in [5.74, 6) is -1.08. The highest BCUT2D eigenvalue weighted by atomic mass is 16.5. The minimum Gasteiger partial charge on any atom is -0.506 e. The molecule has 6 N–H and O–H groups in total. The number of carbonyl (C=O) groups is 3. The van der Waals surface area contributed by atoms with Crippen LogP contribution in [0.5, 0.6) is 11.5 Å². The van der Waals surface area contributed by atoms with E-state index in [1.807, 2.05) is 24.3 Å². The smallest absolute Gasteiger partial charge is 0.317 e. The standard InChI is InChI=1S/C38H36N4O8/c1-50-32-17-23(7-8-26(32)19-39-20-31(44)28-13-15-30(43)34-29(28)14-16-33(45)41-34)18-40-35(46)24-9-11-25(12-10-24)36(47)42-21-38(22-42,37(48)49)27-5-3-2-4-6-27/h2-17,31,39,43-44H,18-22H2,1H3,(H,40,46)(H,41,45)(H,48,49)/t31-/m0/s1.